The third-order valence-corrected chi connectivity index (χ3v) is 7.17. The zero-order valence-corrected chi connectivity index (χ0v) is 16.7. The number of anilines is 3. The van der Waals surface area contributed by atoms with E-state index in [9.17, 15) is 21.6 Å². The van der Waals surface area contributed by atoms with Crippen LogP contribution in [0.1, 0.15) is 18.4 Å². The highest BCUT2D eigenvalue weighted by atomic mass is 35.5. The molecule has 3 aromatic rings. The van der Waals surface area contributed by atoms with Crippen LogP contribution < -0.4 is 11.1 Å². The molecule has 158 valence electrons. The SMILES string of the molecule is Nc1nc(Nc2cc(Cl)c(-c3ccc(S(=O)(=O)C4CC4)cc3)c(C(F)(F)F)c2)n[nH]1. The fourth-order valence-electron chi connectivity index (χ4n) is 3.04. The lowest BCUT2D eigenvalue weighted by Crippen LogP contribution is -2.09. The molecule has 1 aromatic heterocycles. The van der Waals surface area contributed by atoms with E-state index in [2.05, 4.69) is 20.5 Å². The summed E-state index contributed by atoms with van der Waals surface area (Å²) in [5.74, 6) is -0.0171. The van der Waals surface area contributed by atoms with E-state index < -0.39 is 26.8 Å². The predicted octanol–water partition coefficient (Wildman–Crippen LogP) is 4.41. The molecule has 1 saturated carbocycles. The Balaban J connectivity index is 1.75. The smallest absolute Gasteiger partial charge is 0.368 e. The van der Waals surface area contributed by atoms with Gasteiger partial charge in [-0.15, -0.1) is 5.10 Å². The molecule has 1 fully saturated rings. The minimum absolute atomic E-state index is 0.00231. The molecule has 12 heteroatoms. The first-order valence-electron chi connectivity index (χ1n) is 8.75. The van der Waals surface area contributed by atoms with Crippen LogP contribution in [0.2, 0.25) is 5.02 Å². The number of hydrogen-bond acceptors (Lipinski definition) is 6. The molecule has 0 radical (unpaired) electrons. The van der Waals surface area contributed by atoms with Gasteiger partial charge in [0.15, 0.2) is 9.84 Å². The number of rotatable bonds is 5. The van der Waals surface area contributed by atoms with Crippen LogP contribution in [0.3, 0.4) is 0 Å². The Hall–Kier alpha value is -2.79. The highest BCUT2D eigenvalue weighted by Crippen LogP contribution is 2.43. The first kappa shape index (κ1) is 20.5. The molecule has 0 saturated heterocycles. The Bertz CT molecular complexity index is 1210. The molecule has 7 nitrogen and oxygen atoms in total. The quantitative estimate of drug-likeness (QED) is 0.523. The fraction of sp³-hybridized carbons (Fsp3) is 0.222. The van der Waals surface area contributed by atoms with Crippen molar-refractivity contribution in [2.75, 3.05) is 11.1 Å². The van der Waals surface area contributed by atoms with Gasteiger partial charge in [-0.25, -0.2) is 13.5 Å². The number of benzene rings is 2. The Morgan fingerprint density at radius 1 is 1.17 bits per heavy atom. The lowest BCUT2D eigenvalue weighted by molar-refractivity contribution is -0.137. The van der Waals surface area contributed by atoms with Gasteiger partial charge in [-0.1, -0.05) is 23.7 Å². The highest BCUT2D eigenvalue weighted by Gasteiger charge is 2.38. The molecule has 0 bridgehead atoms. The molecule has 0 aliphatic heterocycles. The van der Waals surface area contributed by atoms with Crippen molar-refractivity contribution in [1.29, 1.82) is 0 Å². The Morgan fingerprint density at radius 3 is 2.37 bits per heavy atom. The van der Waals surface area contributed by atoms with E-state index in [4.69, 9.17) is 17.3 Å². The number of hydrogen-bond donors (Lipinski definition) is 3. The second kappa shape index (κ2) is 7.17. The molecule has 0 amide bonds. The van der Waals surface area contributed by atoms with Gasteiger partial charge >= 0.3 is 6.18 Å². The van der Waals surface area contributed by atoms with Crippen molar-refractivity contribution in [2.45, 2.75) is 29.2 Å². The van der Waals surface area contributed by atoms with E-state index in [1.165, 1.54) is 30.3 Å². The molecule has 4 rings (SSSR count). The summed E-state index contributed by atoms with van der Waals surface area (Å²) >= 11 is 6.21. The standard InChI is InChI=1S/C18H15ClF3N5O2S/c19-14-8-10(24-17-25-16(23)26-27-17)7-13(18(20,21)22)15(14)9-1-3-11(4-2-9)30(28,29)12-5-6-12/h1-4,7-8,12H,5-6H2,(H4,23,24,25,26,27). The number of aromatic amines is 1. The van der Waals surface area contributed by atoms with Gasteiger partial charge in [-0.05, 0) is 42.7 Å². The van der Waals surface area contributed by atoms with Gasteiger partial charge in [-0.3, -0.25) is 0 Å². The summed E-state index contributed by atoms with van der Waals surface area (Å²) in [6, 6.07) is 7.45. The van der Waals surface area contributed by atoms with Gasteiger partial charge in [0.1, 0.15) is 0 Å². The van der Waals surface area contributed by atoms with Crippen LogP contribution in [0.5, 0.6) is 0 Å². The normalized spacial score (nSPS) is 14.7. The molecule has 1 aliphatic rings. The molecule has 0 atom stereocenters. The number of halogens is 4. The van der Waals surface area contributed by atoms with Crippen LogP contribution in [0.15, 0.2) is 41.3 Å². The molecule has 4 N–H and O–H groups in total. The largest absolute Gasteiger partial charge is 0.417 e. The van der Waals surface area contributed by atoms with Gasteiger partial charge in [0.05, 0.1) is 20.7 Å². The van der Waals surface area contributed by atoms with E-state index >= 15 is 0 Å². The molecule has 2 aromatic carbocycles. The molecule has 0 unspecified atom stereocenters. The average molecular weight is 458 g/mol. The van der Waals surface area contributed by atoms with Crippen molar-refractivity contribution in [3.05, 3.63) is 47.0 Å². The summed E-state index contributed by atoms with van der Waals surface area (Å²) in [5.41, 5.74) is 4.34. The van der Waals surface area contributed by atoms with Crippen molar-refractivity contribution >= 4 is 39.0 Å². The minimum Gasteiger partial charge on any atom is -0.368 e. The highest BCUT2D eigenvalue weighted by molar-refractivity contribution is 7.92. The van der Waals surface area contributed by atoms with Crippen LogP contribution in [0, 0.1) is 0 Å². The monoisotopic (exact) mass is 457 g/mol. The molecular formula is C18H15ClF3N5O2S. The molecule has 1 heterocycles. The number of nitrogen functional groups attached to an aromatic ring is 1. The Kier molecular flexibility index (Phi) is 4.89. The molecular weight excluding hydrogens is 443 g/mol. The third-order valence-electron chi connectivity index (χ3n) is 4.59. The average Bonchev–Trinajstić information content (AvgIpc) is 3.45. The number of nitrogens with one attached hydrogen (secondary N) is 2. The Morgan fingerprint density at radius 2 is 1.83 bits per heavy atom. The summed E-state index contributed by atoms with van der Waals surface area (Å²) in [6.07, 6.45) is -3.52. The van der Waals surface area contributed by atoms with Crippen molar-refractivity contribution in [1.82, 2.24) is 15.2 Å². The van der Waals surface area contributed by atoms with Gasteiger partial charge in [-0.2, -0.15) is 18.2 Å². The summed E-state index contributed by atoms with van der Waals surface area (Å²) in [6.45, 7) is 0. The van der Waals surface area contributed by atoms with Crippen molar-refractivity contribution < 1.29 is 21.6 Å². The van der Waals surface area contributed by atoms with Crippen LogP contribution in [-0.2, 0) is 16.0 Å². The zero-order chi connectivity index (χ0) is 21.7. The number of H-pyrrole nitrogens is 1. The predicted molar refractivity (Wildman–Crippen MR) is 106 cm³/mol. The Labute approximate surface area is 174 Å². The van der Waals surface area contributed by atoms with E-state index in [0.29, 0.717) is 12.8 Å². The van der Waals surface area contributed by atoms with Crippen molar-refractivity contribution in [2.24, 2.45) is 0 Å². The number of sulfone groups is 1. The second-order valence-electron chi connectivity index (χ2n) is 6.82. The zero-order valence-electron chi connectivity index (χ0n) is 15.2. The lowest BCUT2D eigenvalue weighted by Gasteiger charge is -2.17. The van der Waals surface area contributed by atoms with Gasteiger partial charge in [0.2, 0.25) is 11.9 Å². The second-order valence-corrected chi connectivity index (χ2v) is 9.45. The third kappa shape index (κ3) is 3.94. The molecule has 30 heavy (non-hydrogen) atoms. The summed E-state index contributed by atoms with van der Waals surface area (Å²) in [5, 5.41) is 8.10. The van der Waals surface area contributed by atoms with Gasteiger partial charge in [0.25, 0.3) is 0 Å². The summed E-state index contributed by atoms with van der Waals surface area (Å²) in [7, 11) is -3.44. The number of aromatic nitrogens is 3. The van der Waals surface area contributed by atoms with E-state index in [-0.39, 0.29) is 38.6 Å². The maximum atomic E-state index is 13.8. The van der Waals surface area contributed by atoms with Crippen LogP contribution >= 0.6 is 11.6 Å². The summed E-state index contributed by atoms with van der Waals surface area (Å²) in [4.78, 5) is 3.86. The first-order chi connectivity index (χ1) is 14.1. The van der Waals surface area contributed by atoms with Gasteiger partial charge in [0, 0.05) is 11.3 Å². The lowest BCUT2D eigenvalue weighted by atomic mass is 9.98. The van der Waals surface area contributed by atoms with E-state index in [1.54, 1.807) is 0 Å². The van der Waals surface area contributed by atoms with Crippen LogP contribution in [-0.4, -0.2) is 28.8 Å². The molecule has 1 aliphatic carbocycles. The first-order valence-corrected chi connectivity index (χ1v) is 10.7. The number of nitrogens with zero attached hydrogens (tertiary/aromatic N) is 2. The minimum atomic E-state index is -4.71. The maximum absolute atomic E-state index is 13.8. The van der Waals surface area contributed by atoms with Crippen LogP contribution in [0.25, 0.3) is 11.1 Å². The fourth-order valence-corrected chi connectivity index (χ4v) is 5.02. The van der Waals surface area contributed by atoms with Crippen LogP contribution in [0.4, 0.5) is 30.8 Å². The maximum Gasteiger partial charge on any atom is 0.417 e. The van der Waals surface area contributed by atoms with Crippen molar-refractivity contribution in [3.63, 3.8) is 0 Å². The number of alkyl halides is 3. The van der Waals surface area contributed by atoms with E-state index in [1.807, 2.05) is 0 Å². The molecule has 0 spiro atoms. The topological polar surface area (TPSA) is 114 Å². The summed E-state index contributed by atoms with van der Waals surface area (Å²) < 4.78 is 66.0. The van der Waals surface area contributed by atoms with E-state index in [0.717, 1.165) is 6.07 Å². The van der Waals surface area contributed by atoms with Crippen molar-refractivity contribution in [3.8, 4) is 11.1 Å². The van der Waals surface area contributed by atoms with Gasteiger partial charge < -0.3 is 11.1 Å². The number of nitrogens with two attached hydrogens (primary N) is 1.